The van der Waals surface area contributed by atoms with Gasteiger partial charge in [-0.2, -0.15) is 0 Å². The van der Waals surface area contributed by atoms with E-state index in [4.69, 9.17) is 14.2 Å². The average molecular weight is 286 g/mol. The van der Waals surface area contributed by atoms with Gasteiger partial charge in [-0.3, -0.25) is 0 Å². The van der Waals surface area contributed by atoms with Gasteiger partial charge in [-0.1, -0.05) is 12.1 Å². The molecule has 3 heteroatoms. The second-order valence-electron chi connectivity index (χ2n) is 4.98. The van der Waals surface area contributed by atoms with Crippen molar-refractivity contribution in [3.63, 3.8) is 0 Å². The molecule has 3 nitrogen and oxygen atoms in total. The van der Waals surface area contributed by atoms with Crippen LogP contribution in [0.5, 0.6) is 17.2 Å². The molecule has 2 aromatic rings. The van der Waals surface area contributed by atoms with Crippen molar-refractivity contribution in [1.29, 1.82) is 0 Å². The molecule has 0 amide bonds. The molecule has 0 bridgehead atoms. The molecular weight excluding hydrogens is 264 g/mol. The molecule has 21 heavy (non-hydrogen) atoms. The van der Waals surface area contributed by atoms with Gasteiger partial charge in [-0.25, -0.2) is 0 Å². The van der Waals surface area contributed by atoms with Crippen molar-refractivity contribution in [2.45, 2.75) is 20.3 Å². The first-order valence-corrected chi connectivity index (χ1v) is 7.16. The summed E-state index contributed by atoms with van der Waals surface area (Å²) in [5, 5.41) is 0. The first-order chi connectivity index (χ1) is 10.2. The fraction of sp³-hybridized carbons (Fsp3) is 0.333. The van der Waals surface area contributed by atoms with Gasteiger partial charge in [0, 0.05) is 12.5 Å². The summed E-state index contributed by atoms with van der Waals surface area (Å²) in [7, 11) is 1.65. The van der Waals surface area contributed by atoms with Crippen molar-refractivity contribution in [1.82, 2.24) is 0 Å². The van der Waals surface area contributed by atoms with E-state index in [9.17, 15) is 0 Å². The summed E-state index contributed by atoms with van der Waals surface area (Å²) >= 11 is 0. The van der Waals surface area contributed by atoms with E-state index in [1.165, 1.54) is 11.1 Å². The summed E-state index contributed by atoms with van der Waals surface area (Å²) in [5.41, 5.74) is 2.53. The fourth-order valence-corrected chi connectivity index (χ4v) is 1.93. The molecular formula is C18H22O3. The lowest BCUT2D eigenvalue weighted by Gasteiger charge is -2.10. The quantitative estimate of drug-likeness (QED) is 0.715. The van der Waals surface area contributed by atoms with E-state index < -0.39 is 0 Å². The monoisotopic (exact) mass is 286 g/mol. The van der Waals surface area contributed by atoms with Crippen LogP contribution in [-0.4, -0.2) is 20.3 Å². The Morgan fingerprint density at radius 3 is 2.10 bits per heavy atom. The molecule has 0 N–H and O–H groups in total. The van der Waals surface area contributed by atoms with Crippen LogP contribution in [0.4, 0.5) is 0 Å². The van der Waals surface area contributed by atoms with Crippen LogP contribution in [0.3, 0.4) is 0 Å². The van der Waals surface area contributed by atoms with Gasteiger partial charge in [-0.05, 0) is 49.2 Å². The zero-order valence-corrected chi connectivity index (χ0v) is 12.9. The van der Waals surface area contributed by atoms with Crippen LogP contribution in [0.1, 0.15) is 17.5 Å². The second-order valence-corrected chi connectivity index (χ2v) is 4.98. The number of hydrogen-bond acceptors (Lipinski definition) is 3. The van der Waals surface area contributed by atoms with E-state index >= 15 is 0 Å². The molecule has 112 valence electrons. The van der Waals surface area contributed by atoms with Gasteiger partial charge < -0.3 is 14.2 Å². The van der Waals surface area contributed by atoms with E-state index in [0.29, 0.717) is 13.2 Å². The van der Waals surface area contributed by atoms with Gasteiger partial charge >= 0.3 is 0 Å². The average Bonchev–Trinajstić information content (AvgIpc) is 2.50. The molecule has 0 aliphatic rings. The number of aryl methyl sites for hydroxylation is 2. The molecule has 0 saturated heterocycles. The minimum absolute atomic E-state index is 0.623. The van der Waals surface area contributed by atoms with E-state index in [0.717, 1.165) is 23.7 Å². The molecule has 0 fully saturated rings. The zero-order valence-electron chi connectivity index (χ0n) is 12.9. The standard InChI is InChI=1S/C18H22O3/c1-14-8-9-18(12-15(14)2)21-11-5-10-20-17-7-4-6-16(13-17)19-3/h4,6-9,12-13H,5,10-11H2,1-3H3. The molecule has 0 aliphatic heterocycles. The minimum Gasteiger partial charge on any atom is -0.497 e. The lowest BCUT2D eigenvalue weighted by Crippen LogP contribution is -2.05. The largest absolute Gasteiger partial charge is 0.497 e. The normalized spacial score (nSPS) is 10.2. The summed E-state index contributed by atoms with van der Waals surface area (Å²) < 4.78 is 16.5. The van der Waals surface area contributed by atoms with Crippen molar-refractivity contribution < 1.29 is 14.2 Å². The summed E-state index contributed by atoms with van der Waals surface area (Å²) in [6, 6.07) is 13.8. The molecule has 0 unspecified atom stereocenters. The third kappa shape index (κ3) is 4.71. The van der Waals surface area contributed by atoms with Crippen molar-refractivity contribution >= 4 is 0 Å². The molecule has 0 atom stereocenters. The molecule has 0 aromatic heterocycles. The van der Waals surface area contributed by atoms with Crippen molar-refractivity contribution in [2.75, 3.05) is 20.3 Å². The van der Waals surface area contributed by atoms with Gasteiger partial charge in [-0.15, -0.1) is 0 Å². The van der Waals surface area contributed by atoms with E-state index in [1.807, 2.05) is 30.3 Å². The zero-order chi connectivity index (χ0) is 15.1. The predicted molar refractivity (Wildman–Crippen MR) is 84.5 cm³/mol. The Morgan fingerprint density at radius 2 is 1.43 bits per heavy atom. The highest BCUT2D eigenvalue weighted by atomic mass is 16.5. The Hall–Kier alpha value is -2.16. The molecule has 0 saturated carbocycles. The molecule has 2 rings (SSSR count). The van der Waals surface area contributed by atoms with E-state index in [-0.39, 0.29) is 0 Å². The highest BCUT2D eigenvalue weighted by molar-refractivity contribution is 5.34. The SMILES string of the molecule is COc1cccc(OCCCOc2ccc(C)c(C)c2)c1. The fourth-order valence-electron chi connectivity index (χ4n) is 1.93. The smallest absolute Gasteiger partial charge is 0.122 e. The molecule has 2 aromatic carbocycles. The Kier molecular flexibility index (Phi) is 5.50. The minimum atomic E-state index is 0.623. The maximum absolute atomic E-state index is 5.72. The van der Waals surface area contributed by atoms with E-state index in [1.54, 1.807) is 7.11 Å². The third-order valence-electron chi connectivity index (χ3n) is 3.35. The summed E-state index contributed by atoms with van der Waals surface area (Å²) in [4.78, 5) is 0. The second kappa shape index (κ2) is 7.58. The first kappa shape index (κ1) is 15.2. The lowest BCUT2D eigenvalue weighted by molar-refractivity contribution is 0.247. The van der Waals surface area contributed by atoms with Crippen molar-refractivity contribution in [2.24, 2.45) is 0 Å². The Morgan fingerprint density at radius 1 is 0.762 bits per heavy atom. The maximum Gasteiger partial charge on any atom is 0.122 e. The van der Waals surface area contributed by atoms with Gasteiger partial charge in [0.05, 0.1) is 20.3 Å². The lowest BCUT2D eigenvalue weighted by atomic mass is 10.1. The van der Waals surface area contributed by atoms with Crippen LogP contribution in [0.2, 0.25) is 0 Å². The first-order valence-electron chi connectivity index (χ1n) is 7.16. The highest BCUT2D eigenvalue weighted by Gasteiger charge is 1.99. The van der Waals surface area contributed by atoms with Crippen LogP contribution in [0.15, 0.2) is 42.5 Å². The number of hydrogen-bond donors (Lipinski definition) is 0. The molecule has 0 heterocycles. The Labute approximate surface area is 126 Å². The molecule has 0 spiro atoms. The summed E-state index contributed by atoms with van der Waals surface area (Å²) in [5.74, 6) is 2.54. The van der Waals surface area contributed by atoms with Crippen molar-refractivity contribution in [3.8, 4) is 17.2 Å². The van der Waals surface area contributed by atoms with Crippen LogP contribution < -0.4 is 14.2 Å². The number of methoxy groups -OCH3 is 1. The van der Waals surface area contributed by atoms with Crippen LogP contribution in [-0.2, 0) is 0 Å². The number of rotatable bonds is 7. The molecule has 0 aliphatic carbocycles. The topological polar surface area (TPSA) is 27.7 Å². The predicted octanol–water partition coefficient (Wildman–Crippen LogP) is 4.16. The molecule has 0 radical (unpaired) electrons. The van der Waals surface area contributed by atoms with Gasteiger partial charge in [0.25, 0.3) is 0 Å². The van der Waals surface area contributed by atoms with Crippen LogP contribution in [0, 0.1) is 13.8 Å². The van der Waals surface area contributed by atoms with Crippen LogP contribution >= 0.6 is 0 Å². The summed E-state index contributed by atoms with van der Waals surface area (Å²) in [6.07, 6.45) is 0.837. The van der Waals surface area contributed by atoms with Gasteiger partial charge in [0.15, 0.2) is 0 Å². The summed E-state index contributed by atoms with van der Waals surface area (Å²) in [6.45, 7) is 5.46. The Balaban J connectivity index is 1.71. The van der Waals surface area contributed by atoms with Crippen LogP contribution in [0.25, 0.3) is 0 Å². The third-order valence-corrected chi connectivity index (χ3v) is 3.35. The number of benzene rings is 2. The Bertz CT molecular complexity index is 578. The van der Waals surface area contributed by atoms with E-state index in [2.05, 4.69) is 26.0 Å². The number of ether oxygens (including phenoxy) is 3. The van der Waals surface area contributed by atoms with Gasteiger partial charge in [0.1, 0.15) is 17.2 Å². The highest BCUT2D eigenvalue weighted by Crippen LogP contribution is 2.19. The van der Waals surface area contributed by atoms with Crippen molar-refractivity contribution in [3.05, 3.63) is 53.6 Å². The van der Waals surface area contributed by atoms with Gasteiger partial charge in [0.2, 0.25) is 0 Å². The maximum atomic E-state index is 5.72.